The summed E-state index contributed by atoms with van der Waals surface area (Å²) in [6.07, 6.45) is 2.18. The van der Waals surface area contributed by atoms with Gasteiger partial charge in [-0.15, -0.1) is 0 Å². The Labute approximate surface area is 133 Å². The highest BCUT2D eigenvalue weighted by Gasteiger charge is 2.21. The summed E-state index contributed by atoms with van der Waals surface area (Å²) in [7, 11) is 0. The lowest BCUT2D eigenvalue weighted by Crippen LogP contribution is -2.35. The lowest BCUT2D eigenvalue weighted by Gasteiger charge is -2.26. The number of hydrogen-bond acceptors (Lipinski definition) is 4. The summed E-state index contributed by atoms with van der Waals surface area (Å²) in [5, 5.41) is 9.06. The van der Waals surface area contributed by atoms with Crippen LogP contribution in [0.2, 0.25) is 0 Å². The molecule has 0 radical (unpaired) electrons. The van der Waals surface area contributed by atoms with Gasteiger partial charge in [0.15, 0.2) is 0 Å². The number of aliphatic hydroxyl groups excluding tert-OH is 1. The van der Waals surface area contributed by atoms with Crippen molar-refractivity contribution < 1.29 is 9.84 Å². The van der Waals surface area contributed by atoms with E-state index in [2.05, 4.69) is 34.1 Å². The van der Waals surface area contributed by atoms with Gasteiger partial charge in [-0.25, -0.2) is 0 Å². The predicted molar refractivity (Wildman–Crippen MR) is 87.6 cm³/mol. The van der Waals surface area contributed by atoms with Gasteiger partial charge < -0.3 is 9.84 Å². The smallest absolute Gasteiger partial charge is 0.0594 e. The van der Waals surface area contributed by atoms with Crippen LogP contribution >= 0.6 is 0 Å². The Morgan fingerprint density at radius 1 is 1.05 bits per heavy atom. The van der Waals surface area contributed by atoms with Crippen molar-refractivity contribution in [1.29, 1.82) is 0 Å². The van der Waals surface area contributed by atoms with Gasteiger partial charge in [-0.05, 0) is 36.4 Å². The van der Waals surface area contributed by atoms with Crippen molar-refractivity contribution in [3.63, 3.8) is 0 Å². The maximum atomic E-state index is 9.06. The van der Waals surface area contributed by atoms with Crippen molar-refractivity contribution in [2.24, 2.45) is 5.92 Å². The van der Waals surface area contributed by atoms with Crippen LogP contribution in [0, 0.1) is 5.92 Å². The summed E-state index contributed by atoms with van der Waals surface area (Å²) in [5.74, 6) is 0.682. The number of ether oxygens (including phenoxy) is 1. The molecular formula is C18H28N2O2. The third-order valence-electron chi connectivity index (χ3n) is 4.81. The first-order chi connectivity index (χ1) is 10.8. The van der Waals surface area contributed by atoms with E-state index in [-0.39, 0.29) is 0 Å². The number of rotatable bonds is 6. The second-order valence-corrected chi connectivity index (χ2v) is 6.61. The number of morpholine rings is 1. The fraction of sp³-hybridized carbons (Fsp3) is 0.667. The predicted octanol–water partition coefficient (Wildman–Crippen LogP) is 1.72. The molecule has 122 valence electrons. The number of aliphatic hydroxyl groups is 1. The van der Waals surface area contributed by atoms with E-state index in [0.717, 1.165) is 52.4 Å². The van der Waals surface area contributed by atoms with Gasteiger partial charge in [0, 0.05) is 39.3 Å². The Kier molecular flexibility index (Phi) is 5.84. The molecule has 0 aliphatic carbocycles. The largest absolute Gasteiger partial charge is 0.396 e. The normalized spacial score (nSPS) is 24.0. The van der Waals surface area contributed by atoms with Gasteiger partial charge >= 0.3 is 0 Å². The van der Waals surface area contributed by atoms with E-state index in [1.54, 1.807) is 0 Å². The number of likely N-dealkylation sites (tertiary alicyclic amines) is 1. The molecule has 0 amide bonds. The number of hydrogen-bond donors (Lipinski definition) is 1. The Bertz CT molecular complexity index is 460. The molecule has 3 rings (SSSR count). The van der Waals surface area contributed by atoms with Crippen LogP contribution in [0.25, 0.3) is 0 Å². The third-order valence-corrected chi connectivity index (χ3v) is 4.81. The van der Waals surface area contributed by atoms with Crippen molar-refractivity contribution in [3.8, 4) is 0 Å². The van der Waals surface area contributed by atoms with Crippen molar-refractivity contribution in [3.05, 3.63) is 35.4 Å². The van der Waals surface area contributed by atoms with Crippen molar-refractivity contribution >= 4 is 0 Å². The Hall–Kier alpha value is -0.940. The van der Waals surface area contributed by atoms with Gasteiger partial charge in [-0.3, -0.25) is 9.80 Å². The summed E-state index contributed by atoms with van der Waals surface area (Å²) in [6.45, 7) is 8.50. The molecule has 2 heterocycles. The zero-order valence-corrected chi connectivity index (χ0v) is 13.4. The molecule has 0 bridgehead atoms. The quantitative estimate of drug-likeness (QED) is 0.868. The van der Waals surface area contributed by atoms with E-state index in [1.165, 1.54) is 24.1 Å². The van der Waals surface area contributed by atoms with E-state index >= 15 is 0 Å². The second-order valence-electron chi connectivity index (χ2n) is 6.61. The van der Waals surface area contributed by atoms with Crippen LogP contribution < -0.4 is 0 Å². The van der Waals surface area contributed by atoms with Gasteiger partial charge in [0.1, 0.15) is 0 Å². The van der Waals surface area contributed by atoms with Gasteiger partial charge in [-0.2, -0.15) is 0 Å². The summed E-state index contributed by atoms with van der Waals surface area (Å²) in [5.41, 5.74) is 2.82. The Balaban J connectivity index is 1.52. The average Bonchev–Trinajstić information content (AvgIpc) is 2.96. The van der Waals surface area contributed by atoms with Crippen LogP contribution in [0.3, 0.4) is 0 Å². The fourth-order valence-electron chi connectivity index (χ4n) is 3.58. The first-order valence-corrected chi connectivity index (χ1v) is 8.54. The first-order valence-electron chi connectivity index (χ1n) is 8.54. The van der Waals surface area contributed by atoms with Crippen molar-refractivity contribution in [2.45, 2.75) is 25.9 Å². The molecule has 1 aromatic carbocycles. The lowest BCUT2D eigenvalue weighted by molar-refractivity contribution is 0.0342. The maximum absolute atomic E-state index is 9.06. The monoisotopic (exact) mass is 304 g/mol. The minimum absolute atomic E-state index is 0.327. The number of benzene rings is 1. The summed E-state index contributed by atoms with van der Waals surface area (Å²) < 4.78 is 5.41. The van der Waals surface area contributed by atoms with E-state index in [9.17, 15) is 0 Å². The van der Waals surface area contributed by atoms with Crippen LogP contribution in [0.5, 0.6) is 0 Å². The zero-order chi connectivity index (χ0) is 15.2. The van der Waals surface area contributed by atoms with Crippen LogP contribution in [0.15, 0.2) is 24.3 Å². The van der Waals surface area contributed by atoms with Gasteiger partial charge in [0.05, 0.1) is 13.2 Å². The summed E-state index contributed by atoms with van der Waals surface area (Å²) in [4.78, 5) is 4.99. The van der Waals surface area contributed by atoms with Crippen molar-refractivity contribution in [2.75, 3.05) is 46.0 Å². The molecule has 0 saturated carbocycles. The zero-order valence-electron chi connectivity index (χ0n) is 13.4. The minimum atomic E-state index is 0.327. The van der Waals surface area contributed by atoms with Gasteiger partial charge in [0.2, 0.25) is 0 Å². The standard InChI is InChI=1S/C18H28N2O2/c21-9-5-16-4-6-20(13-16)15-18-3-1-2-17(12-18)14-19-7-10-22-11-8-19/h1-3,12,16,21H,4-11,13-15H2/t16-/m1/s1. The van der Waals surface area contributed by atoms with E-state index < -0.39 is 0 Å². The highest BCUT2D eigenvalue weighted by atomic mass is 16.5. The van der Waals surface area contributed by atoms with Crippen LogP contribution in [-0.2, 0) is 17.8 Å². The molecule has 0 unspecified atom stereocenters. The van der Waals surface area contributed by atoms with Crippen LogP contribution in [-0.4, -0.2) is 60.9 Å². The van der Waals surface area contributed by atoms with E-state index in [1.807, 2.05) is 0 Å². The molecule has 4 nitrogen and oxygen atoms in total. The van der Waals surface area contributed by atoms with Gasteiger partial charge in [-0.1, -0.05) is 24.3 Å². The molecule has 0 spiro atoms. The van der Waals surface area contributed by atoms with Crippen LogP contribution in [0.4, 0.5) is 0 Å². The van der Waals surface area contributed by atoms with E-state index in [0.29, 0.717) is 12.5 Å². The highest BCUT2D eigenvalue weighted by Crippen LogP contribution is 2.21. The molecule has 1 atom stereocenters. The third kappa shape index (κ3) is 4.53. The SMILES string of the molecule is OCC[C@H]1CCN(Cc2cccc(CN3CCOCC3)c2)C1. The van der Waals surface area contributed by atoms with Gasteiger partial charge in [0.25, 0.3) is 0 Å². The summed E-state index contributed by atoms with van der Waals surface area (Å²) >= 11 is 0. The molecule has 22 heavy (non-hydrogen) atoms. The van der Waals surface area contributed by atoms with Crippen molar-refractivity contribution in [1.82, 2.24) is 9.80 Å². The molecule has 1 N–H and O–H groups in total. The molecule has 2 aliphatic heterocycles. The highest BCUT2D eigenvalue weighted by molar-refractivity contribution is 5.23. The molecule has 0 aromatic heterocycles. The first kappa shape index (κ1) is 15.9. The lowest BCUT2D eigenvalue weighted by atomic mass is 10.1. The Morgan fingerprint density at radius 2 is 1.77 bits per heavy atom. The minimum Gasteiger partial charge on any atom is -0.396 e. The summed E-state index contributed by atoms with van der Waals surface area (Å²) in [6, 6.07) is 9.01. The number of nitrogens with zero attached hydrogens (tertiary/aromatic N) is 2. The maximum Gasteiger partial charge on any atom is 0.0594 e. The molecular weight excluding hydrogens is 276 g/mol. The van der Waals surface area contributed by atoms with Crippen LogP contribution in [0.1, 0.15) is 24.0 Å². The molecule has 1 aromatic rings. The fourth-order valence-corrected chi connectivity index (χ4v) is 3.58. The molecule has 4 heteroatoms. The second kappa shape index (κ2) is 8.06. The Morgan fingerprint density at radius 3 is 2.50 bits per heavy atom. The molecule has 2 saturated heterocycles. The van der Waals surface area contributed by atoms with E-state index in [4.69, 9.17) is 9.84 Å². The topological polar surface area (TPSA) is 35.9 Å². The molecule has 2 fully saturated rings. The average molecular weight is 304 g/mol. The molecule has 2 aliphatic rings.